The molecule has 2 heterocycles. The lowest BCUT2D eigenvalue weighted by Crippen LogP contribution is -1.99. The average Bonchev–Trinajstić information content (AvgIpc) is 2.86. The standard InChI is InChI=1S/C13H8N4/c14-8-11-9-15-12-6-7-16-17(12)13(11)10-4-2-1-3-5-10/h1-7,9H. The zero-order chi connectivity index (χ0) is 11.7. The summed E-state index contributed by atoms with van der Waals surface area (Å²) in [6.07, 6.45) is 3.26. The molecule has 80 valence electrons. The Morgan fingerprint density at radius 1 is 1.12 bits per heavy atom. The highest BCUT2D eigenvalue weighted by Crippen LogP contribution is 2.22. The van der Waals surface area contributed by atoms with Gasteiger partial charge in [-0.2, -0.15) is 10.4 Å². The van der Waals surface area contributed by atoms with Crippen LogP contribution in [0.2, 0.25) is 0 Å². The molecular formula is C13H8N4. The zero-order valence-corrected chi connectivity index (χ0v) is 8.91. The predicted molar refractivity (Wildman–Crippen MR) is 63.1 cm³/mol. The highest BCUT2D eigenvalue weighted by Gasteiger charge is 2.10. The number of nitriles is 1. The van der Waals surface area contributed by atoms with Crippen LogP contribution in [-0.2, 0) is 0 Å². The van der Waals surface area contributed by atoms with Crippen LogP contribution in [0.25, 0.3) is 16.9 Å². The van der Waals surface area contributed by atoms with Crippen LogP contribution in [0.1, 0.15) is 5.56 Å². The normalized spacial score (nSPS) is 10.3. The highest BCUT2D eigenvalue weighted by atomic mass is 15.2. The van der Waals surface area contributed by atoms with Gasteiger partial charge in [0.15, 0.2) is 5.65 Å². The van der Waals surface area contributed by atoms with Gasteiger partial charge in [0.2, 0.25) is 0 Å². The third-order valence-electron chi connectivity index (χ3n) is 2.58. The lowest BCUT2D eigenvalue weighted by Gasteiger charge is -2.06. The largest absolute Gasteiger partial charge is 0.236 e. The van der Waals surface area contributed by atoms with Crippen molar-refractivity contribution in [1.82, 2.24) is 14.6 Å². The molecule has 0 radical (unpaired) electrons. The minimum absolute atomic E-state index is 0.521. The summed E-state index contributed by atoms with van der Waals surface area (Å²) in [6, 6.07) is 13.7. The first-order valence-electron chi connectivity index (χ1n) is 5.18. The zero-order valence-electron chi connectivity index (χ0n) is 8.91. The Hall–Kier alpha value is -2.67. The van der Waals surface area contributed by atoms with E-state index in [0.717, 1.165) is 16.9 Å². The van der Waals surface area contributed by atoms with Crippen LogP contribution in [0.3, 0.4) is 0 Å². The fraction of sp³-hybridized carbons (Fsp3) is 0. The number of nitrogens with zero attached hydrogens (tertiary/aromatic N) is 4. The lowest BCUT2D eigenvalue weighted by atomic mass is 10.1. The van der Waals surface area contributed by atoms with Crippen molar-refractivity contribution >= 4 is 5.65 Å². The topological polar surface area (TPSA) is 54.0 Å². The molecule has 0 aliphatic heterocycles. The molecule has 1 aromatic carbocycles. The Balaban J connectivity index is 2.41. The van der Waals surface area contributed by atoms with Crippen LogP contribution in [-0.4, -0.2) is 14.6 Å². The maximum absolute atomic E-state index is 9.15. The molecule has 3 aromatic rings. The molecular weight excluding hydrogens is 212 g/mol. The monoisotopic (exact) mass is 220 g/mol. The molecule has 0 fully saturated rings. The van der Waals surface area contributed by atoms with E-state index in [0.29, 0.717) is 5.56 Å². The Bertz CT molecular complexity index is 707. The van der Waals surface area contributed by atoms with Crippen LogP contribution in [0.5, 0.6) is 0 Å². The molecule has 0 amide bonds. The van der Waals surface area contributed by atoms with E-state index in [1.54, 1.807) is 16.9 Å². The van der Waals surface area contributed by atoms with Crippen molar-refractivity contribution in [2.75, 3.05) is 0 Å². The number of aromatic nitrogens is 3. The van der Waals surface area contributed by atoms with E-state index in [-0.39, 0.29) is 0 Å². The maximum atomic E-state index is 9.15. The van der Waals surface area contributed by atoms with Gasteiger partial charge >= 0.3 is 0 Å². The minimum atomic E-state index is 0.521. The highest BCUT2D eigenvalue weighted by molar-refractivity contribution is 5.68. The van der Waals surface area contributed by atoms with Gasteiger partial charge in [0.25, 0.3) is 0 Å². The van der Waals surface area contributed by atoms with Crippen molar-refractivity contribution in [3.8, 4) is 17.3 Å². The summed E-state index contributed by atoms with van der Waals surface area (Å²) in [6.45, 7) is 0. The smallest absolute Gasteiger partial charge is 0.155 e. The van der Waals surface area contributed by atoms with Crippen molar-refractivity contribution in [2.45, 2.75) is 0 Å². The summed E-state index contributed by atoms with van der Waals surface area (Å²) in [5.74, 6) is 0. The first kappa shape index (κ1) is 9.55. The van der Waals surface area contributed by atoms with Crippen molar-refractivity contribution in [3.05, 3.63) is 54.4 Å². The van der Waals surface area contributed by atoms with Gasteiger partial charge in [-0.3, -0.25) is 0 Å². The second kappa shape index (κ2) is 3.72. The first-order valence-corrected chi connectivity index (χ1v) is 5.18. The number of benzene rings is 1. The quantitative estimate of drug-likeness (QED) is 0.632. The molecule has 3 rings (SSSR count). The molecule has 0 bridgehead atoms. The van der Waals surface area contributed by atoms with Crippen molar-refractivity contribution in [2.24, 2.45) is 0 Å². The van der Waals surface area contributed by atoms with Gasteiger partial charge < -0.3 is 0 Å². The summed E-state index contributed by atoms with van der Waals surface area (Å²) in [4.78, 5) is 4.18. The Labute approximate surface area is 97.8 Å². The third kappa shape index (κ3) is 1.45. The van der Waals surface area contributed by atoms with E-state index in [4.69, 9.17) is 5.26 Å². The summed E-state index contributed by atoms with van der Waals surface area (Å²) < 4.78 is 1.69. The van der Waals surface area contributed by atoms with Gasteiger partial charge in [0, 0.05) is 17.8 Å². The molecule has 0 aliphatic rings. The minimum Gasteiger partial charge on any atom is -0.236 e. The van der Waals surface area contributed by atoms with E-state index in [2.05, 4.69) is 16.2 Å². The molecule has 0 atom stereocenters. The van der Waals surface area contributed by atoms with Gasteiger partial charge in [-0.25, -0.2) is 9.50 Å². The van der Waals surface area contributed by atoms with Crippen LogP contribution < -0.4 is 0 Å². The summed E-state index contributed by atoms with van der Waals surface area (Å²) in [5.41, 5.74) is 3.00. The summed E-state index contributed by atoms with van der Waals surface area (Å²) in [7, 11) is 0. The van der Waals surface area contributed by atoms with Gasteiger partial charge in [-0.1, -0.05) is 30.3 Å². The number of fused-ring (bicyclic) bond motifs is 1. The predicted octanol–water partition coefficient (Wildman–Crippen LogP) is 2.27. The average molecular weight is 220 g/mol. The molecule has 2 aromatic heterocycles. The fourth-order valence-corrected chi connectivity index (χ4v) is 1.83. The van der Waals surface area contributed by atoms with Gasteiger partial charge in [0.1, 0.15) is 6.07 Å². The molecule has 4 heteroatoms. The van der Waals surface area contributed by atoms with E-state index < -0.39 is 0 Å². The molecule has 0 aliphatic carbocycles. The van der Waals surface area contributed by atoms with E-state index in [1.165, 1.54) is 0 Å². The Kier molecular flexibility index (Phi) is 2.09. The van der Waals surface area contributed by atoms with Crippen LogP contribution in [0, 0.1) is 11.3 Å². The fourth-order valence-electron chi connectivity index (χ4n) is 1.83. The molecule has 0 saturated carbocycles. The van der Waals surface area contributed by atoms with Crippen LogP contribution in [0.4, 0.5) is 0 Å². The van der Waals surface area contributed by atoms with Gasteiger partial charge in [-0.15, -0.1) is 0 Å². The summed E-state index contributed by atoms with van der Waals surface area (Å²) >= 11 is 0. The Morgan fingerprint density at radius 3 is 2.71 bits per heavy atom. The number of hydrogen-bond donors (Lipinski definition) is 0. The van der Waals surface area contributed by atoms with Crippen molar-refractivity contribution in [3.63, 3.8) is 0 Å². The van der Waals surface area contributed by atoms with Gasteiger partial charge in [-0.05, 0) is 0 Å². The Morgan fingerprint density at radius 2 is 1.94 bits per heavy atom. The van der Waals surface area contributed by atoms with Crippen LogP contribution in [0.15, 0.2) is 48.8 Å². The number of hydrogen-bond acceptors (Lipinski definition) is 3. The molecule has 0 spiro atoms. The maximum Gasteiger partial charge on any atom is 0.155 e. The first-order chi connectivity index (χ1) is 8.40. The van der Waals surface area contributed by atoms with E-state index in [1.807, 2.05) is 36.4 Å². The number of rotatable bonds is 1. The van der Waals surface area contributed by atoms with Crippen molar-refractivity contribution < 1.29 is 0 Å². The molecule has 17 heavy (non-hydrogen) atoms. The van der Waals surface area contributed by atoms with E-state index >= 15 is 0 Å². The SMILES string of the molecule is N#Cc1cnc2ccnn2c1-c1ccccc1. The van der Waals surface area contributed by atoms with E-state index in [9.17, 15) is 0 Å². The molecule has 0 N–H and O–H groups in total. The molecule has 0 saturated heterocycles. The van der Waals surface area contributed by atoms with Crippen LogP contribution >= 0.6 is 0 Å². The van der Waals surface area contributed by atoms with Gasteiger partial charge in [0.05, 0.1) is 17.5 Å². The molecule has 4 nitrogen and oxygen atoms in total. The lowest BCUT2D eigenvalue weighted by molar-refractivity contribution is 0.943. The summed E-state index contributed by atoms with van der Waals surface area (Å²) in [5, 5.41) is 13.4. The second-order valence-corrected chi connectivity index (χ2v) is 3.60. The molecule has 0 unspecified atom stereocenters. The van der Waals surface area contributed by atoms with Crippen molar-refractivity contribution in [1.29, 1.82) is 5.26 Å². The third-order valence-corrected chi connectivity index (χ3v) is 2.58. The second-order valence-electron chi connectivity index (χ2n) is 3.60.